The number of rotatable bonds is 5. The van der Waals surface area contributed by atoms with Crippen molar-refractivity contribution in [1.82, 2.24) is 4.90 Å². The monoisotopic (exact) mass is 453 g/mol. The standard InChI is InChI=1S/C23H23N3O7/c1-3-8-25-20(13-4-6-17(27)15(11-13)26(31)32)19(22(29)23(25)30)21(28)14-5-7-18-16(12-14)24(2)9-10-33-18/h4-7,11-12,20,27-28H,3,8-10H2,1-2H3/b21-19+. The third-order valence-electron chi connectivity index (χ3n) is 5.84. The third-order valence-corrected chi connectivity index (χ3v) is 5.84. The van der Waals surface area contributed by atoms with Crippen LogP contribution in [0.15, 0.2) is 42.0 Å². The van der Waals surface area contributed by atoms with Crippen molar-refractivity contribution in [2.24, 2.45) is 0 Å². The Balaban J connectivity index is 1.89. The Morgan fingerprint density at radius 1 is 1.24 bits per heavy atom. The number of phenols is 1. The smallest absolute Gasteiger partial charge is 0.311 e. The number of nitrogens with zero attached hydrogens (tertiary/aromatic N) is 3. The number of nitro benzene ring substituents is 1. The van der Waals surface area contributed by atoms with Gasteiger partial charge in [-0.1, -0.05) is 13.0 Å². The number of phenolic OH excluding ortho intramolecular Hbond substituents is 1. The minimum Gasteiger partial charge on any atom is -0.507 e. The van der Waals surface area contributed by atoms with E-state index in [0.717, 1.165) is 17.8 Å². The van der Waals surface area contributed by atoms with Gasteiger partial charge in [-0.25, -0.2) is 0 Å². The van der Waals surface area contributed by atoms with Gasteiger partial charge in [-0.3, -0.25) is 19.7 Å². The highest BCUT2D eigenvalue weighted by atomic mass is 16.6. The minimum atomic E-state index is -1.03. The van der Waals surface area contributed by atoms with E-state index in [0.29, 0.717) is 30.9 Å². The molecular formula is C23H23N3O7. The number of carbonyl (C=O) groups is 2. The Morgan fingerprint density at radius 2 is 2.00 bits per heavy atom. The number of hydrogen-bond donors (Lipinski definition) is 2. The van der Waals surface area contributed by atoms with Crippen molar-refractivity contribution in [2.75, 3.05) is 31.6 Å². The Bertz CT molecular complexity index is 1190. The van der Waals surface area contributed by atoms with Crippen LogP contribution in [0.1, 0.15) is 30.5 Å². The third kappa shape index (κ3) is 3.73. The molecule has 1 fully saturated rings. The normalized spacial score (nSPS) is 19.4. The van der Waals surface area contributed by atoms with Crippen molar-refractivity contribution in [3.8, 4) is 11.5 Å². The number of likely N-dealkylation sites (N-methyl/N-ethyl adjacent to an activating group) is 1. The van der Waals surface area contributed by atoms with Crippen molar-refractivity contribution in [2.45, 2.75) is 19.4 Å². The van der Waals surface area contributed by atoms with Crippen molar-refractivity contribution in [3.63, 3.8) is 0 Å². The fourth-order valence-corrected chi connectivity index (χ4v) is 4.21. The SMILES string of the molecule is CCCN1C(=O)C(=O)/C(=C(/O)c2ccc3c(c2)N(C)CCO3)C1c1ccc(O)c([N+](=O)[O-])c1. The highest BCUT2D eigenvalue weighted by Crippen LogP contribution is 2.42. The van der Waals surface area contributed by atoms with Gasteiger partial charge in [-0.05, 0) is 36.2 Å². The average Bonchev–Trinajstić information content (AvgIpc) is 3.04. The summed E-state index contributed by atoms with van der Waals surface area (Å²) in [5.41, 5.74) is 0.575. The summed E-state index contributed by atoms with van der Waals surface area (Å²) in [5.74, 6) is -1.94. The molecule has 10 nitrogen and oxygen atoms in total. The second-order valence-electron chi connectivity index (χ2n) is 7.95. The lowest BCUT2D eigenvalue weighted by Crippen LogP contribution is -2.30. The number of aliphatic hydroxyl groups is 1. The highest BCUT2D eigenvalue weighted by Gasteiger charge is 2.46. The summed E-state index contributed by atoms with van der Waals surface area (Å²) in [6, 6.07) is 7.59. The van der Waals surface area contributed by atoms with E-state index >= 15 is 0 Å². The molecule has 0 spiro atoms. The molecule has 2 N–H and O–H groups in total. The van der Waals surface area contributed by atoms with Gasteiger partial charge in [0.25, 0.3) is 11.7 Å². The van der Waals surface area contributed by atoms with Crippen molar-refractivity contribution < 1.29 is 29.5 Å². The van der Waals surface area contributed by atoms with Crippen LogP contribution in [0.3, 0.4) is 0 Å². The van der Waals surface area contributed by atoms with Gasteiger partial charge in [-0.2, -0.15) is 0 Å². The first-order valence-electron chi connectivity index (χ1n) is 10.5. The van der Waals surface area contributed by atoms with Gasteiger partial charge in [0.15, 0.2) is 5.75 Å². The lowest BCUT2D eigenvalue weighted by Gasteiger charge is -2.28. The number of nitro groups is 1. The Labute approximate surface area is 189 Å². The van der Waals surface area contributed by atoms with E-state index in [1.807, 2.05) is 18.9 Å². The van der Waals surface area contributed by atoms with E-state index in [-0.39, 0.29) is 23.4 Å². The van der Waals surface area contributed by atoms with Crippen LogP contribution < -0.4 is 9.64 Å². The maximum atomic E-state index is 13.0. The highest BCUT2D eigenvalue weighted by molar-refractivity contribution is 6.46. The van der Waals surface area contributed by atoms with Gasteiger partial charge in [0.05, 0.1) is 28.8 Å². The predicted octanol–water partition coefficient (Wildman–Crippen LogP) is 2.96. The van der Waals surface area contributed by atoms with E-state index in [9.17, 15) is 29.9 Å². The number of ketones is 1. The molecule has 0 bridgehead atoms. The van der Waals surface area contributed by atoms with Crippen LogP contribution in [0.5, 0.6) is 11.5 Å². The summed E-state index contributed by atoms with van der Waals surface area (Å²) in [6.07, 6.45) is 0.532. The maximum absolute atomic E-state index is 13.0. The zero-order chi connectivity index (χ0) is 23.9. The fourth-order valence-electron chi connectivity index (χ4n) is 4.21. The van der Waals surface area contributed by atoms with Crippen LogP contribution in [-0.2, 0) is 9.59 Å². The quantitative estimate of drug-likeness (QED) is 0.232. The number of amides is 1. The van der Waals surface area contributed by atoms with Gasteiger partial charge in [-0.15, -0.1) is 0 Å². The fraction of sp³-hybridized carbons (Fsp3) is 0.304. The summed E-state index contributed by atoms with van der Waals surface area (Å²) in [6.45, 7) is 3.21. The number of likely N-dealkylation sites (tertiary alicyclic amines) is 1. The summed E-state index contributed by atoms with van der Waals surface area (Å²) in [5, 5.41) is 32.4. The largest absolute Gasteiger partial charge is 0.507 e. The number of carbonyl (C=O) groups excluding carboxylic acids is 2. The van der Waals surface area contributed by atoms with Crippen LogP contribution in [0.2, 0.25) is 0 Å². The molecule has 172 valence electrons. The van der Waals surface area contributed by atoms with Crippen LogP contribution in [0.4, 0.5) is 11.4 Å². The molecule has 1 unspecified atom stereocenters. The number of anilines is 1. The molecule has 4 rings (SSSR count). The molecule has 2 aromatic rings. The molecule has 0 saturated carbocycles. The Hall–Kier alpha value is -4.08. The molecule has 0 aliphatic carbocycles. The molecular weight excluding hydrogens is 430 g/mol. The number of Topliss-reactive ketones (excluding diaryl/α,β-unsaturated/α-hetero) is 1. The van der Waals surface area contributed by atoms with Crippen molar-refractivity contribution >= 4 is 28.8 Å². The number of aliphatic hydroxyl groups excluding tert-OH is 1. The maximum Gasteiger partial charge on any atom is 0.311 e. The molecule has 0 aromatic heterocycles. The van der Waals surface area contributed by atoms with E-state index < -0.39 is 34.1 Å². The summed E-state index contributed by atoms with van der Waals surface area (Å²) >= 11 is 0. The van der Waals surface area contributed by atoms with E-state index in [4.69, 9.17) is 4.74 Å². The van der Waals surface area contributed by atoms with Gasteiger partial charge in [0.1, 0.15) is 18.1 Å². The number of aromatic hydroxyl groups is 1. The second-order valence-corrected chi connectivity index (χ2v) is 7.95. The first kappa shape index (κ1) is 22.1. The van der Waals surface area contributed by atoms with Crippen LogP contribution in [0, 0.1) is 10.1 Å². The van der Waals surface area contributed by atoms with Crippen molar-refractivity contribution in [1.29, 1.82) is 0 Å². The van der Waals surface area contributed by atoms with E-state index in [1.165, 1.54) is 11.0 Å². The number of fused-ring (bicyclic) bond motifs is 1. The first-order valence-corrected chi connectivity index (χ1v) is 10.5. The lowest BCUT2D eigenvalue weighted by atomic mass is 9.94. The van der Waals surface area contributed by atoms with Gasteiger partial charge in [0, 0.05) is 25.2 Å². The molecule has 1 saturated heterocycles. The predicted molar refractivity (Wildman–Crippen MR) is 119 cm³/mol. The minimum absolute atomic E-state index is 0.159. The van der Waals surface area contributed by atoms with Crippen LogP contribution >= 0.6 is 0 Å². The topological polar surface area (TPSA) is 133 Å². The molecule has 33 heavy (non-hydrogen) atoms. The molecule has 2 aliphatic heterocycles. The zero-order valence-corrected chi connectivity index (χ0v) is 18.1. The van der Waals surface area contributed by atoms with Crippen molar-refractivity contribution in [3.05, 3.63) is 63.2 Å². The van der Waals surface area contributed by atoms with E-state index in [2.05, 4.69) is 0 Å². The van der Waals surface area contributed by atoms with Crippen LogP contribution in [-0.4, -0.2) is 58.5 Å². The Morgan fingerprint density at radius 3 is 2.70 bits per heavy atom. The molecule has 2 heterocycles. The van der Waals surface area contributed by atoms with Gasteiger partial charge < -0.3 is 24.7 Å². The van der Waals surface area contributed by atoms with Crippen LogP contribution in [0.25, 0.3) is 5.76 Å². The molecule has 0 radical (unpaired) electrons. The number of benzene rings is 2. The first-order chi connectivity index (χ1) is 15.7. The molecule has 2 aromatic carbocycles. The zero-order valence-electron chi connectivity index (χ0n) is 18.1. The molecule has 10 heteroatoms. The average molecular weight is 453 g/mol. The number of ether oxygens (including phenoxy) is 1. The number of hydrogen-bond acceptors (Lipinski definition) is 8. The van der Waals surface area contributed by atoms with E-state index in [1.54, 1.807) is 18.2 Å². The molecule has 1 amide bonds. The summed E-state index contributed by atoms with van der Waals surface area (Å²) in [7, 11) is 1.88. The molecule has 2 aliphatic rings. The summed E-state index contributed by atoms with van der Waals surface area (Å²) in [4.78, 5) is 39.7. The van der Waals surface area contributed by atoms with Gasteiger partial charge >= 0.3 is 5.69 Å². The lowest BCUT2D eigenvalue weighted by molar-refractivity contribution is -0.385. The molecule has 1 atom stereocenters. The Kier molecular flexibility index (Phi) is 5.67. The van der Waals surface area contributed by atoms with Gasteiger partial charge in [0.2, 0.25) is 0 Å². The summed E-state index contributed by atoms with van der Waals surface area (Å²) < 4.78 is 5.62. The second kappa shape index (κ2) is 8.45.